The fourth-order valence-electron chi connectivity index (χ4n) is 1.55. The molecule has 2 rings (SSSR count). The van der Waals surface area contributed by atoms with E-state index in [-0.39, 0.29) is 18.6 Å². The minimum atomic E-state index is -0.358. The number of amides is 1. The summed E-state index contributed by atoms with van der Waals surface area (Å²) in [4.78, 5) is 11.8. The molecule has 0 aliphatic heterocycles. The van der Waals surface area contributed by atoms with E-state index in [0.717, 1.165) is 5.56 Å². The summed E-state index contributed by atoms with van der Waals surface area (Å²) in [5, 5.41) is 15.8. The number of thiophene rings is 1. The Bertz CT molecular complexity index is 467. The van der Waals surface area contributed by atoms with E-state index in [9.17, 15) is 9.90 Å². The van der Waals surface area contributed by atoms with Crippen LogP contribution in [0.15, 0.2) is 47.2 Å². The van der Waals surface area contributed by atoms with E-state index in [4.69, 9.17) is 0 Å². The van der Waals surface area contributed by atoms with Gasteiger partial charge in [-0.25, -0.2) is 0 Å². The van der Waals surface area contributed by atoms with Crippen LogP contribution in [0.1, 0.15) is 22.0 Å². The second-order valence-electron chi connectivity index (χ2n) is 3.63. The largest absolute Gasteiger partial charge is 0.394 e. The van der Waals surface area contributed by atoms with Crippen LogP contribution in [-0.2, 0) is 0 Å². The van der Waals surface area contributed by atoms with Crippen LogP contribution in [0.4, 0.5) is 0 Å². The molecule has 0 saturated carbocycles. The molecular weight excluding hydrogens is 234 g/mol. The third-order valence-corrected chi connectivity index (χ3v) is 3.16. The average Bonchev–Trinajstić information content (AvgIpc) is 2.90. The highest BCUT2D eigenvalue weighted by Gasteiger charge is 2.14. The van der Waals surface area contributed by atoms with Crippen molar-refractivity contribution >= 4 is 17.2 Å². The van der Waals surface area contributed by atoms with Crippen LogP contribution < -0.4 is 5.32 Å². The molecule has 2 N–H and O–H groups in total. The van der Waals surface area contributed by atoms with Crippen LogP contribution in [0.25, 0.3) is 0 Å². The number of hydrogen-bond acceptors (Lipinski definition) is 3. The minimum absolute atomic E-state index is 0.111. The molecule has 4 heteroatoms. The first-order valence-corrected chi connectivity index (χ1v) is 6.24. The van der Waals surface area contributed by atoms with Gasteiger partial charge in [0.15, 0.2) is 0 Å². The Morgan fingerprint density at radius 2 is 2.06 bits per heavy atom. The van der Waals surface area contributed by atoms with Gasteiger partial charge in [0.25, 0.3) is 5.91 Å². The van der Waals surface area contributed by atoms with Crippen molar-refractivity contribution in [1.82, 2.24) is 5.32 Å². The van der Waals surface area contributed by atoms with Gasteiger partial charge in [-0.1, -0.05) is 30.3 Å². The fraction of sp³-hybridized carbons (Fsp3) is 0.154. The number of rotatable bonds is 4. The molecular formula is C13H13NO2S. The molecule has 0 saturated heterocycles. The Balaban J connectivity index is 2.09. The Labute approximate surface area is 104 Å². The van der Waals surface area contributed by atoms with Crippen molar-refractivity contribution < 1.29 is 9.90 Å². The normalized spacial score (nSPS) is 12.1. The van der Waals surface area contributed by atoms with Gasteiger partial charge in [0.2, 0.25) is 0 Å². The predicted octanol–water partition coefficient (Wildman–Crippen LogP) is 2.21. The number of aliphatic hydroxyl groups is 1. The summed E-state index contributed by atoms with van der Waals surface area (Å²) in [6.07, 6.45) is 0. The van der Waals surface area contributed by atoms with Gasteiger partial charge in [0.1, 0.15) is 0 Å². The lowest BCUT2D eigenvalue weighted by molar-refractivity contribution is 0.0916. The summed E-state index contributed by atoms with van der Waals surface area (Å²) < 4.78 is 0. The van der Waals surface area contributed by atoms with Crippen LogP contribution in [-0.4, -0.2) is 17.6 Å². The molecule has 1 unspecified atom stereocenters. The molecule has 1 amide bonds. The topological polar surface area (TPSA) is 49.3 Å². The number of benzene rings is 1. The lowest BCUT2D eigenvalue weighted by Crippen LogP contribution is -2.30. The van der Waals surface area contributed by atoms with Gasteiger partial charge in [-0.05, 0) is 17.0 Å². The zero-order valence-electron chi connectivity index (χ0n) is 9.17. The summed E-state index contributed by atoms with van der Waals surface area (Å²) in [5.74, 6) is -0.158. The van der Waals surface area contributed by atoms with Crippen molar-refractivity contribution in [2.75, 3.05) is 6.61 Å². The highest BCUT2D eigenvalue weighted by molar-refractivity contribution is 7.08. The maximum Gasteiger partial charge on any atom is 0.252 e. The van der Waals surface area contributed by atoms with E-state index >= 15 is 0 Å². The second kappa shape index (κ2) is 5.61. The molecule has 0 radical (unpaired) electrons. The molecule has 0 aliphatic carbocycles. The Morgan fingerprint density at radius 1 is 1.29 bits per heavy atom. The molecule has 0 bridgehead atoms. The van der Waals surface area contributed by atoms with E-state index in [2.05, 4.69) is 5.32 Å². The zero-order valence-corrected chi connectivity index (χ0v) is 9.98. The van der Waals surface area contributed by atoms with Crippen LogP contribution in [0, 0.1) is 0 Å². The molecule has 88 valence electrons. The summed E-state index contributed by atoms with van der Waals surface area (Å²) in [7, 11) is 0. The van der Waals surface area contributed by atoms with Crippen molar-refractivity contribution in [2.45, 2.75) is 6.04 Å². The Morgan fingerprint density at radius 3 is 2.65 bits per heavy atom. The second-order valence-corrected chi connectivity index (χ2v) is 4.41. The molecule has 2 aromatic rings. The van der Waals surface area contributed by atoms with Crippen LogP contribution in [0.3, 0.4) is 0 Å². The van der Waals surface area contributed by atoms with Gasteiger partial charge in [0.05, 0.1) is 18.2 Å². The first-order valence-electron chi connectivity index (χ1n) is 5.30. The smallest absolute Gasteiger partial charge is 0.252 e. The fourth-order valence-corrected chi connectivity index (χ4v) is 2.19. The average molecular weight is 247 g/mol. The number of carbonyl (C=O) groups is 1. The predicted molar refractivity (Wildman–Crippen MR) is 68.1 cm³/mol. The van der Waals surface area contributed by atoms with Gasteiger partial charge in [0, 0.05) is 5.38 Å². The summed E-state index contributed by atoms with van der Waals surface area (Å²) in [6.45, 7) is -0.111. The molecule has 1 aromatic heterocycles. The summed E-state index contributed by atoms with van der Waals surface area (Å²) >= 11 is 1.48. The van der Waals surface area contributed by atoms with E-state index in [1.54, 1.807) is 11.4 Å². The lowest BCUT2D eigenvalue weighted by Gasteiger charge is -2.16. The van der Waals surface area contributed by atoms with Crippen molar-refractivity contribution in [2.24, 2.45) is 0 Å². The molecule has 0 aliphatic rings. The third-order valence-electron chi connectivity index (χ3n) is 2.47. The van der Waals surface area contributed by atoms with E-state index < -0.39 is 0 Å². The highest BCUT2D eigenvalue weighted by Crippen LogP contribution is 2.13. The number of aliphatic hydroxyl groups excluding tert-OH is 1. The first kappa shape index (κ1) is 11.8. The van der Waals surface area contributed by atoms with Gasteiger partial charge in [-0.3, -0.25) is 4.79 Å². The Hall–Kier alpha value is -1.65. The molecule has 3 nitrogen and oxygen atoms in total. The standard InChI is InChI=1S/C13H13NO2S/c15-8-12(10-4-2-1-3-5-10)14-13(16)11-6-7-17-9-11/h1-7,9,12,15H,8H2,(H,14,16). The monoisotopic (exact) mass is 247 g/mol. The number of hydrogen-bond donors (Lipinski definition) is 2. The quantitative estimate of drug-likeness (QED) is 0.870. The van der Waals surface area contributed by atoms with Crippen LogP contribution >= 0.6 is 11.3 Å². The summed E-state index contributed by atoms with van der Waals surface area (Å²) in [6, 6.07) is 10.8. The molecule has 1 heterocycles. The number of nitrogens with one attached hydrogen (secondary N) is 1. The van der Waals surface area contributed by atoms with E-state index in [1.165, 1.54) is 11.3 Å². The maximum absolute atomic E-state index is 11.8. The molecule has 0 fully saturated rings. The molecule has 1 atom stereocenters. The van der Waals surface area contributed by atoms with Gasteiger partial charge in [-0.15, -0.1) is 0 Å². The number of carbonyl (C=O) groups excluding carboxylic acids is 1. The third kappa shape index (κ3) is 2.93. The molecule has 0 spiro atoms. The Kier molecular flexibility index (Phi) is 3.90. The summed E-state index contributed by atoms with van der Waals surface area (Å²) in [5.41, 5.74) is 1.53. The van der Waals surface area contributed by atoms with E-state index in [0.29, 0.717) is 5.56 Å². The molecule has 17 heavy (non-hydrogen) atoms. The van der Waals surface area contributed by atoms with Gasteiger partial charge in [-0.2, -0.15) is 11.3 Å². The maximum atomic E-state index is 11.8. The molecule has 1 aromatic carbocycles. The highest BCUT2D eigenvalue weighted by atomic mass is 32.1. The minimum Gasteiger partial charge on any atom is -0.394 e. The van der Waals surface area contributed by atoms with Crippen molar-refractivity contribution in [1.29, 1.82) is 0 Å². The van der Waals surface area contributed by atoms with Gasteiger partial charge >= 0.3 is 0 Å². The SMILES string of the molecule is O=C(NC(CO)c1ccccc1)c1ccsc1. The van der Waals surface area contributed by atoms with Gasteiger partial charge < -0.3 is 10.4 Å². The first-order chi connectivity index (χ1) is 8.31. The van der Waals surface area contributed by atoms with Crippen LogP contribution in [0.5, 0.6) is 0 Å². The van der Waals surface area contributed by atoms with E-state index in [1.807, 2.05) is 35.7 Å². The van der Waals surface area contributed by atoms with Crippen LogP contribution in [0.2, 0.25) is 0 Å². The van der Waals surface area contributed by atoms with Crippen molar-refractivity contribution in [3.63, 3.8) is 0 Å². The zero-order chi connectivity index (χ0) is 12.1. The lowest BCUT2D eigenvalue weighted by atomic mass is 10.1. The van der Waals surface area contributed by atoms with Crippen molar-refractivity contribution in [3.05, 3.63) is 58.3 Å². The van der Waals surface area contributed by atoms with Crippen molar-refractivity contribution in [3.8, 4) is 0 Å².